The molecule has 4 nitrogen and oxygen atoms in total. The van der Waals surface area contributed by atoms with Gasteiger partial charge in [0.2, 0.25) is 0 Å². The van der Waals surface area contributed by atoms with Crippen LogP contribution < -0.4 is 5.69 Å². The van der Waals surface area contributed by atoms with Gasteiger partial charge in [-0.1, -0.05) is 17.5 Å². The standard InChI is InChI=1S/C12H9ClIN3O/c1-16-11(9-3-5-10(13)6-4-9)15-17(12(16)18)8-2-7-14/h3-6H,8H2,1H3. The van der Waals surface area contributed by atoms with Crippen LogP contribution in [0.5, 0.6) is 0 Å². The van der Waals surface area contributed by atoms with E-state index in [4.69, 9.17) is 11.6 Å². The number of nitrogens with zero attached hydrogens (tertiary/aromatic N) is 3. The molecule has 1 heterocycles. The van der Waals surface area contributed by atoms with Crippen molar-refractivity contribution in [1.29, 1.82) is 0 Å². The van der Waals surface area contributed by atoms with Gasteiger partial charge in [-0.05, 0) is 28.2 Å². The Labute approximate surface area is 123 Å². The van der Waals surface area contributed by atoms with Gasteiger partial charge in [0.05, 0.1) is 0 Å². The number of rotatable bonds is 2. The lowest BCUT2D eigenvalue weighted by Gasteiger charge is -1.98. The minimum atomic E-state index is -0.181. The van der Waals surface area contributed by atoms with E-state index in [-0.39, 0.29) is 5.69 Å². The third-order valence-electron chi connectivity index (χ3n) is 2.44. The van der Waals surface area contributed by atoms with Crippen LogP contribution in [0.15, 0.2) is 29.1 Å². The average Bonchev–Trinajstić information content (AvgIpc) is 2.65. The van der Waals surface area contributed by atoms with Gasteiger partial charge in [0, 0.05) is 40.2 Å². The molecule has 0 saturated carbocycles. The van der Waals surface area contributed by atoms with E-state index in [2.05, 4.69) is 14.9 Å². The molecule has 0 spiro atoms. The summed E-state index contributed by atoms with van der Waals surface area (Å²) >= 11 is 7.76. The summed E-state index contributed by atoms with van der Waals surface area (Å²) in [4.78, 5) is 11.9. The molecule has 18 heavy (non-hydrogen) atoms. The minimum Gasteiger partial charge on any atom is -0.278 e. The highest BCUT2D eigenvalue weighted by Gasteiger charge is 2.11. The van der Waals surface area contributed by atoms with Crippen molar-refractivity contribution in [3.8, 4) is 21.2 Å². The molecule has 0 aliphatic heterocycles. The Hall–Kier alpha value is -1.26. The molecule has 0 radical (unpaired) electrons. The molecule has 0 unspecified atom stereocenters. The Morgan fingerprint density at radius 2 is 2.06 bits per heavy atom. The van der Waals surface area contributed by atoms with Gasteiger partial charge in [-0.15, -0.1) is 5.10 Å². The van der Waals surface area contributed by atoms with Gasteiger partial charge in [0.15, 0.2) is 5.82 Å². The summed E-state index contributed by atoms with van der Waals surface area (Å²) < 4.78 is 5.55. The van der Waals surface area contributed by atoms with Crippen molar-refractivity contribution in [2.45, 2.75) is 6.54 Å². The van der Waals surface area contributed by atoms with Crippen molar-refractivity contribution in [2.24, 2.45) is 7.05 Å². The first-order chi connectivity index (χ1) is 8.63. The molecule has 2 rings (SSSR count). The van der Waals surface area contributed by atoms with Crippen molar-refractivity contribution in [2.75, 3.05) is 0 Å². The van der Waals surface area contributed by atoms with Crippen molar-refractivity contribution >= 4 is 34.2 Å². The van der Waals surface area contributed by atoms with Crippen molar-refractivity contribution in [3.05, 3.63) is 39.8 Å². The fraction of sp³-hybridized carbons (Fsp3) is 0.167. The van der Waals surface area contributed by atoms with Crippen LogP contribution in [0.3, 0.4) is 0 Å². The molecule has 1 aromatic heterocycles. The highest BCUT2D eigenvalue weighted by Crippen LogP contribution is 2.17. The fourth-order valence-electron chi connectivity index (χ4n) is 1.55. The number of hydrogen-bond acceptors (Lipinski definition) is 2. The molecule has 0 fully saturated rings. The first kappa shape index (κ1) is 13.2. The summed E-state index contributed by atoms with van der Waals surface area (Å²) in [7, 11) is 1.69. The Morgan fingerprint density at radius 1 is 1.39 bits per heavy atom. The van der Waals surface area contributed by atoms with E-state index in [9.17, 15) is 4.79 Å². The van der Waals surface area contributed by atoms with E-state index in [0.717, 1.165) is 5.56 Å². The number of halogens is 2. The van der Waals surface area contributed by atoms with Crippen LogP contribution in [-0.2, 0) is 13.6 Å². The normalized spacial score (nSPS) is 9.94. The monoisotopic (exact) mass is 373 g/mol. The lowest BCUT2D eigenvalue weighted by Crippen LogP contribution is -2.22. The molecule has 0 aliphatic rings. The van der Waals surface area contributed by atoms with Crippen molar-refractivity contribution < 1.29 is 0 Å². The van der Waals surface area contributed by atoms with Crippen molar-refractivity contribution in [1.82, 2.24) is 14.3 Å². The van der Waals surface area contributed by atoms with Crippen LogP contribution in [0.25, 0.3) is 11.4 Å². The Morgan fingerprint density at radius 3 is 2.67 bits per heavy atom. The number of hydrogen-bond donors (Lipinski definition) is 0. The van der Waals surface area contributed by atoms with Gasteiger partial charge < -0.3 is 0 Å². The molecule has 0 saturated heterocycles. The van der Waals surface area contributed by atoms with Crippen LogP contribution in [0.2, 0.25) is 5.02 Å². The van der Waals surface area contributed by atoms with Crippen molar-refractivity contribution in [3.63, 3.8) is 0 Å². The molecule has 0 N–H and O–H groups in total. The highest BCUT2D eigenvalue weighted by atomic mass is 127. The largest absolute Gasteiger partial charge is 0.346 e. The maximum Gasteiger partial charge on any atom is 0.346 e. The van der Waals surface area contributed by atoms with Crippen LogP contribution in [0.4, 0.5) is 0 Å². The number of benzene rings is 1. The lowest BCUT2D eigenvalue weighted by molar-refractivity contribution is 0.671. The zero-order chi connectivity index (χ0) is 13.1. The molecule has 0 atom stereocenters. The second-order valence-electron chi connectivity index (χ2n) is 3.60. The van der Waals surface area contributed by atoms with E-state index < -0.39 is 0 Å². The molecular weight excluding hydrogens is 365 g/mol. The molecule has 92 valence electrons. The third kappa shape index (κ3) is 2.60. The van der Waals surface area contributed by atoms with Crippen LogP contribution >= 0.6 is 34.2 Å². The molecule has 6 heteroatoms. The van der Waals surface area contributed by atoms with Gasteiger partial charge in [-0.2, -0.15) is 0 Å². The lowest BCUT2D eigenvalue weighted by atomic mass is 10.2. The van der Waals surface area contributed by atoms with E-state index in [1.54, 1.807) is 19.2 Å². The predicted molar refractivity (Wildman–Crippen MR) is 79.7 cm³/mol. The quantitative estimate of drug-likeness (QED) is 0.599. The van der Waals surface area contributed by atoms with Gasteiger partial charge >= 0.3 is 5.69 Å². The average molecular weight is 374 g/mol. The number of aromatic nitrogens is 3. The van der Waals surface area contributed by atoms with Gasteiger partial charge in [0.25, 0.3) is 0 Å². The smallest absolute Gasteiger partial charge is 0.278 e. The molecule has 0 bridgehead atoms. The predicted octanol–water partition coefficient (Wildman–Crippen LogP) is 2.30. The van der Waals surface area contributed by atoms with Crippen LogP contribution in [-0.4, -0.2) is 14.3 Å². The maximum atomic E-state index is 11.9. The fourth-order valence-corrected chi connectivity index (χ4v) is 1.84. The topological polar surface area (TPSA) is 39.8 Å². The van der Waals surface area contributed by atoms with Crippen LogP contribution in [0, 0.1) is 9.85 Å². The first-order valence-corrected chi connectivity index (χ1v) is 6.57. The SMILES string of the molecule is Cn1c(-c2ccc(Cl)cc2)nn(CC#CI)c1=O. The van der Waals surface area contributed by atoms with E-state index in [1.165, 1.54) is 9.25 Å². The summed E-state index contributed by atoms with van der Waals surface area (Å²) in [5.41, 5.74) is 0.666. The van der Waals surface area contributed by atoms with E-state index >= 15 is 0 Å². The molecule has 0 aliphatic carbocycles. The summed E-state index contributed by atoms with van der Waals surface area (Å²) in [5.74, 6) is 3.41. The molecule has 0 amide bonds. The zero-order valence-corrected chi connectivity index (χ0v) is 12.4. The van der Waals surface area contributed by atoms with Gasteiger partial charge in [0.1, 0.15) is 6.54 Å². The van der Waals surface area contributed by atoms with Crippen LogP contribution in [0.1, 0.15) is 0 Å². The maximum absolute atomic E-state index is 11.9. The Bertz CT molecular complexity index is 676. The Kier molecular flexibility index (Phi) is 4.09. The van der Waals surface area contributed by atoms with E-state index in [1.807, 2.05) is 34.7 Å². The summed E-state index contributed by atoms with van der Waals surface area (Å²) in [5, 5.41) is 4.92. The molecule has 2 aromatic rings. The Balaban J connectivity index is 2.48. The van der Waals surface area contributed by atoms with Gasteiger partial charge in [-0.3, -0.25) is 4.57 Å². The zero-order valence-electron chi connectivity index (χ0n) is 9.52. The summed E-state index contributed by atoms with van der Waals surface area (Å²) in [6.07, 6.45) is 0. The third-order valence-corrected chi connectivity index (χ3v) is 3.07. The summed E-state index contributed by atoms with van der Waals surface area (Å²) in [6, 6.07) is 7.20. The van der Waals surface area contributed by atoms with Gasteiger partial charge in [-0.25, -0.2) is 9.48 Å². The highest BCUT2D eigenvalue weighted by molar-refractivity contribution is 14.1. The summed E-state index contributed by atoms with van der Waals surface area (Å²) in [6.45, 7) is 0.295. The minimum absolute atomic E-state index is 0.181. The van der Waals surface area contributed by atoms with E-state index in [0.29, 0.717) is 17.4 Å². The molecule has 1 aromatic carbocycles. The molecular formula is C12H9ClIN3O. The first-order valence-electron chi connectivity index (χ1n) is 5.11. The second-order valence-corrected chi connectivity index (χ2v) is 4.58. The second kappa shape index (κ2) is 5.59.